The largest absolute Gasteiger partial charge is 0.492 e. The quantitative estimate of drug-likeness (QED) is 0.181. The fraction of sp³-hybridized carbons (Fsp3) is 0.241. The number of benzene rings is 2. The summed E-state index contributed by atoms with van der Waals surface area (Å²) in [5, 5.41) is 12.7. The molecule has 4 heterocycles. The van der Waals surface area contributed by atoms with E-state index >= 15 is 0 Å². The van der Waals surface area contributed by atoms with Crippen LogP contribution in [0.2, 0.25) is 5.02 Å². The van der Waals surface area contributed by atoms with Gasteiger partial charge >= 0.3 is 0 Å². The van der Waals surface area contributed by atoms with Crippen LogP contribution in [0.1, 0.15) is 22.4 Å². The maximum atomic E-state index is 13.3. The SMILES string of the molecule is CCOc1ccccc1N1CCN(C(=O)c2csc(CSc3nnc(-c4ccco4)n3-c3ccccc3Cl)n2)CC1. The lowest BCUT2D eigenvalue weighted by Crippen LogP contribution is -2.49. The Morgan fingerprint density at radius 3 is 2.56 bits per heavy atom. The van der Waals surface area contributed by atoms with Crippen molar-refractivity contribution < 1.29 is 13.9 Å². The summed E-state index contributed by atoms with van der Waals surface area (Å²) in [6.07, 6.45) is 1.60. The maximum absolute atomic E-state index is 13.3. The zero-order valence-corrected chi connectivity index (χ0v) is 24.7. The van der Waals surface area contributed by atoms with Gasteiger partial charge in [-0.3, -0.25) is 9.36 Å². The van der Waals surface area contributed by atoms with E-state index in [0.29, 0.717) is 52.9 Å². The van der Waals surface area contributed by atoms with Gasteiger partial charge in [-0.15, -0.1) is 21.5 Å². The molecule has 6 rings (SSSR count). The van der Waals surface area contributed by atoms with E-state index in [1.165, 1.54) is 23.1 Å². The molecule has 0 unspecified atom stereocenters. The predicted molar refractivity (Wildman–Crippen MR) is 161 cm³/mol. The number of furan rings is 1. The monoisotopic (exact) mass is 606 g/mol. The van der Waals surface area contributed by atoms with Crippen LogP contribution < -0.4 is 9.64 Å². The second-order valence-corrected chi connectivity index (χ2v) is 11.5. The third-order valence-corrected chi connectivity index (χ3v) is 8.93. The summed E-state index contributed by atoms with van der Waals surface area (Å²) < 4.78 is 13.3. The lowest BCUT2D eigenvalue weighted by atomic mass is 10.2. The molecule has 0 N–H and O–H groups in total. The fourth-order valence-electron chi connectivity index (χ4n) is 4.69. The number of carbonyl (C=O) groups excluding carboxylic acids is 1. The van der Waals surface area contributed by atoms with Gasteiger partial charge in [0.25, 0.3) is 5.91 Å². The first-order valence-corrected chi connectivity index (χ1v) is 15.4. The molecule has 0 bridgehead atoms. The molecule has 0 radical (unpaired) electrons. The van der Waals surface area contributed by atoms with Crippen LogP contribution in [-0.2, 0) is 5.75 Å². The Balaban J connectivity index is 1.12. The Kier molecular flexibility index (Phi) is 8.26. The van der Waals surface area contributed by atoms with E-state index in [9.17, 15) is 4.79 Å². The summed E-state index contributed by atoms with van der Waals surface area (Å²) in [6.45, 7) is 5.31. The van der Waals surface area contributed by atoms with Crippen molar-refractivity contribution in [1.29, 1.82) is 0 Å². The molecule has 41 heavy (non-hydrogen) atoms. The van der Waals surface area contributed by atoms with Crippen molar-refractivity contribution in [3.05, 3.63) is 88.0 Å². The zero-order chi connectivity index (χ0) is 28.2. The number of rotatable bonds is 9. The lowest BCUT2D eigenvalue weighted by molar-refractivity contribution is 0.0741. The normalized spacial score (nSPS) is 13.5. The second kappa shape index (κ2) is 12.4. The van der Waals surface area contributed by atoms with E-state index in [1.54, 1.807) is 6.26 Å². The molecular formula is C29H27ClN6O3S2. The van der Waals surface area contributed by atoms with E-state index < -0.39 is 0 Å². The van der Waals surface area contributed by atoms with Crippen LogP contribution >= 0.6 is 34.7 Å². The second-order valence-electron chi connectivity index (χ2n) is 9.17. The molecule has 0 saturated carbocycles. The van der Waals surface area contributed by atoms with Crippen molar-refractivity contribution >= 4 is 46.3 Å². The minimum absolute atomic E-state index is 0.0467. The smallest absolute Gasteiger partial charge is 0.273 e. The Morgan fingerprint density at radius 1 is 1.02 bits per heavy atom. The molecule has 2 aromatic carbocycles. The average molecular weight is 607 g/mol. The molecule has 1 saturated heterocycles. The van der Waals surface area contributed by atoms with Gasteiger partial charge in [-0.05, 0) is 43.3 Å². The van der Waals surface area contributed by atoms with Gasteiger partial charge in [0.05, 0.1) is 35.0 Å². The fourth-order valence-corrected chi connectivity index (χ4v) is 6.64. The summed E-state index contributed by atoms with van der Waals surface area (Å²) >= 11 is 9.48. The molecule has 0 spiro atoms. The van der Waals surface area contributed by atoms with Crippen molar-refractivity contribution in [1.82, 2.24) is 24.6 Å². The molecule has 210 valence electrons. The highest BCUT2D eigenvalue weighted by Crippen LogP contribution is 2.33. The first kappa shape index (κ1) is 27.4. The molecule has 1 aliphatic heterocycles. The summed E-state index contributed by atoms with van der Waals surface area (Å²) in [4.78, 5) is 22.1. The predicted octanol–water partition coefficient (Wildman–Crippen LogP) is 6.29. The molecule has 3 aromatic heterocycles. The van der Waals surface area contributed by atoms with Gasteiger partial charge < -0.3 is 19.0 Å². The highest BCUT2D eigenvalue weighted by atomic mass is 35.5. The van der Waals surface area contributed by atoms with Crippen LogP contribution in [0.25, 0.3) is 17.3 Å². The summed E-state index contributed by atoms with van der Waals surface area (Å²) in [6, 6.07) is 19.2. The van der Waals surface area contributed by atoms with Crippen molar-refractivity contribution in [3.8, 4) is 23.0 Å². The minimum Gasteiger partial charge on any atom is -0.492 e. The molecule has 5 aromatic rings. The first-order valence-electron chi connectivity index (χ1n) is 13.2. The Morgan fingerprint density at radius 2 is 1.80 bits per heavy atom. The number of thiazole rings is 1. The number of hydrogen-bond donors (Lipinski definition) is 0. The van der Waals surface area contributed by atoms with E-state index in [-0.39, 0.29) is 5.91 Å². The third kappa shape index (κ3) is 5.83. The van der Waals surface area contributed by atoms with E-state index in [0.717, 1.165) is 35.2 Å². The minimum atomic E-state index is -0.0467. The number of thioether (sulfide) groups is 1. The number of para-hydroxylation sites is 3. The summed E-state index contributed by atoms with van der Waals surface area (Å²) in [5.41, 5.74) is 2.29. The topological polar surface area (TPSA) is 89.5 Å². The molecule has 12 heteroatoms. The number of ether oxygens (including phenoxy) is 1. The van der Waals surface area contributed by atoms with Crippen LogP contribution in [0.4, 0.5) is 5.69 Å². The van der Waals surface area contributed by atoms with Gasteiger partial charge in [-0.1, -0.05) is 47.6 Å². The van der Waals surface area contributed by atoms with E-state index in [1.807, 2.05) is 76.4 Å². The number of halogens is 1. The van der Waals surface area contributed by atoms with Gasteiger partial charge in [0, 0.05) is 31.6 Å². The molecule has 1 amide bonds. The number of piperazine rings is 1. The Bertz CT molecular complexity index is 1630. The third-order valence-electron chi connectivity index (χ3n) is 6.64. The number of hydrogen-bond acceptors (Lipinski definition) is 9. The number of nitrogens with zero attached hydrogens (tertiary/aromatic N) is 6. The van der Waals surface area contributed by atoms with Crippen molar-refractivity contribution in [3.63, 3.8) is 0 Å². The van der Waals surface area contributed by atoms with Crippen LogP contribution in [0.5, 0.6) is 5.75 Å². The lowest BCUT2D eigenvalue weighted by Gasteiger charge is -2.36. The number of anilines is 1. The molecular weight excluding hydrogens is 580 g/mol. The summed E-state index contributed by atoms with van der Waals surface area (Å²) in [5.74, 6) is 2.50. The van der Waals surface area contributed by atoms with Crippen LogP contribution in [0.15, 0.2) is 81.9 Å². The van der Waals surface area contributed by atoms with Gasteiger partial charge in [0.1, 0.15) is 16.5 Å². The molecule has 0 atom stereocenters. The maximum Gasteiger partial charge on any atom is 0.273 e. The van der Waals surface area contributed by atoms with E-state index in [4.69, 9.17) is 20.8 Å². The first-order chi connectivity index (χ1) is 20.1. The molecule has 0 aliphatic carbocycles. The van der Waals surface area contributed by atoms with Crippen molar-refractivity contribution in [2.45, 2.75) is 17.8 Å². The number of amides is 1. The van der Waals surface area contributed by atoms with E-state index in [2.05, 4.69) is 26.1 Å². The van der Waals surface area contributed by atoms with Gasteiger partial charge in [-0.25, -0.2) is 4.98 Å². The van der Waals surface area contributed by atoms with Gasteiger partial charge in [0.15, 0.2) is 10.9 Å². The van der Waals surface area contributed by atoms with Gasteiger partial charge in [-0.2, -0.15) is 0 Å². The average Bonchev–Trinajstić information content (AvgIpc) is 3.78. The molecule has 1 fully saturated rings. The van der Waals surface area contributed by atoms with Crippen LogP contribution in [0, 0.1) is 0 Å². The molecule has 9 nitrogen and oxygen atoms in total. The Hall–Kier alpha value is -3.80. The van der Waals surface area contributed by atoms with Crippen LogP contribution in [0.3, 0.4) is 0 Å². The number of carbonyl (C=O) groups is 1. The highest BCUT2D eigenvalue weighted by molar-refractivity contribution is 7.98. The van der Waals surface area contributed by atoms with Crippen molar-refractivity contribution in [2.24, 2.45) is 0 Å². The highest BCUT2D eigenvalue weighted by Gasteiger charge is 2.26. The Labute approximate surface area is 250 Å². The summed E-state index contributed by atoms with van der Waals surface area (Å²) in [7, 11) is 0. The molecule has 1 aliphatic rings. The van der Waals surface area contributed by atoms with Crippen LogP contribution in [-0.4, -0.2) is 63.3 Å². The standard InChI is InChI=1S/C29H27ClN6O3S2/c1-2-38-24-11-6-5-10-23(24)34-13-15-35(16-14-34)28(37)21-18-40-26(31-21)19-41-29-33-32-27(25-12-7-17-39-25)36(29)22-9-4-3-8-20(22)30/h3-12,17-18H,2,13-16,19H2,1H3. The number of aromatic nitrogens is 4. The zero-order valence-electron chi connectivity index (χ0n) is 22.3. The van der Waals surface area contributed by atoms with Gasteiger partial charge in [0.2, 0.25) is 5.82 Å². The van der Waals surface area contributed by atoms with Crippen molar-refractivity contribution in [2.75, 3.05) is 37.7 Å².